The number of cyclic esters (lactones) is 1. The maximum atomic E-state index is 12.5. The van der Waals surface area contributed by atoms with Crippen LogP contribution < -0.4 is 0 Å². The summed E-state index contributed by atoms with van der Waals surface area (Å²) in [5.74, 6) is -3.40. The van der Waals surface area contributed by atoms with E-state index in [9.17, 15) is 19.2 Å². The van der Waals surface area contributed by atoms with Crippen molar-refractivity contribution in [1.82, 2.24) is 4.90 Å². The highest BCUT2D eigenvalue weighted by Crippen LogP contribution is 2.29. The van der Waals surface area contributed by atoms with Gasteiger partial charge in [0.25, 0.3) is 11.7 Å². The number of fused-ring (bicyclic) bond motifs is 1. The summed E-state index contributed by atoms with van der Waals surface area (Å²) in [6, 6.07) is 5.82. The standard InChI is InChI=1S/C15H10ClNO5/c1-7-6-17-11(15(21)22-7)10(13(19)14(17)20)12(18)8-2-4-9(16)5-3-8/h2-5,7H,6H2,1H3. The van der Waals surface area contributed by atoms with Crippen LogP contribution in [0.5, 0.6) is 0 Å². The SMILES string of the molecule is CC1CN2C(=O)C(=O)C(C(=O)c3ccc(Cl)cc3)=C2C(=O)O1. The van der Waals surface area contributed by atoms with Gasteiger partial charge in [0.2, 0.25) is 0 Å². The predicted molar refractivity (Wildman–Crippen MR) is 75.1 cm³/mol. The number of amides is 1. The van der Waals surface area contributed by atoms with E-state index >= 15 is 0 Å². The number of nitrogens with zero attached hydrogens (tertiary/aromatic N) is 1. The van der Waals surface area contributed by atoms with Crippen LogP contribution in [0, 0.1) is 0 Å². The molecule has 6 nitrogen and oxygen atoms in total. The number of rotatable bonds is 2. The maximum Gasteiger partial charge on any atom is 0.356 e. The third kappa shape index (κ3) is 2.12. The lowest BCUT2D eigenvalue weighted by Crippen LogP contribution is -2.43. The number of esters is 1. The summed E-state index contributed by atoms with van der Waals surface area (Å²) < 4.78 is 5.02. The molecule has 2 aliphatic heterocycles. The molecule has 2 aliphatic rings. The van der Waals surface area contributed by atoms with Gasteiger partial charge < -0.3 is 4.74 Å². The second-order valence-electron chi connectivity index (χ2n) is 5.02. The van der Waals surface area contributed by atoms with E-state index in [2.05, 4.69) is 0 Å². The highest BCUT2D eigenvalue weighted by Gasteiger charge is 2.48. The number of halogens is 1. The van der Waals surface area contributed by atoms with Crippen molar-refractivity contribution < 1.29 is 23.9 Å². The second-order valence-corrected chi connectivity index (χ2v) is 5.46. The molecule has 0 bridgehead atoms. The molecule has 0 radical (unpaired) electrons. The predicted octanol–water partition coefficient (Wildman–Crippen LogP) is 1.13. The average Bonchev–Trinajstić information content (AvgIpc) is 2.72. The number of benzene rings is 1. The zero-order chi connectivity index (χ0) is 16.0. The van der Waals surface area contributed by atoms with Crippen LogP contribution in [0.3, 0.4) is 0 Å². The molecular formula is C15H10ClNO5. The zero-order valence-corrected chi connectivity index (χ0v) is 12.2. The smallest absolute Gasteiger partial charge is 0.356 e. The third-order valence-corrected chi connectivity index (χ3v) is 3.70. The summed E-state index contributed by atoms with van der Waals surface area (Å²) in [6.07, 6.45) is -0.530. The first kappa shape index (κ1) is 14.5. The molecule has 1 atom stereocenters. The Bertz CT molecular complexity index is 750. The average molecular weight is 320 g/mol. The molecule has 0 aliphatic carbocycles. The van der Waals surface area contributed by atoms with Gasteiger partial charge in [-0.15, -0.1) is 0 Å². The second kappa shape index (κ2) is 5.06. The summed E-state index contributed by atoms with van der Waals surface area (Å²) in [6.45, 7) is 1.66. The Hall–Kier alpha value is -2.47. The number of ketones is 2. The molecule has 112 valence electrons. The van der Waals surface area contributed by atoms with Gasteiger partial charge in [0.15, 0.2) is 5.78 Å². The Balaban J connectivity index is 2.09. The highest BCUT2D eigenvalue weighted by atomic mass is 35.5. The van der Waals surface area contributed by atoms with Gasteiger partial charge in [0.1, 0.15) is 17.4 Å². The van der Waals surface area contributed by atoms with Crippen molar-refractivity contribution >= 4 is 35.0 Å². The number of ether oxygens (including phenoxy) is 1. The summed E-state index contributed by atoms with van der Waals surface area (Å²) in [5.41, 5.74) is -0.543. The molecule has 3 rings (SSSR count). The zero-order valence-electron chi connectivity index (χ0n) is 11.5. The van der Waals surface area contributed by atoms with E-state index in [0.29, 0.717) is 5.02 Å². The summed E-state index contributed by atoms with van der Waals surface area (Å²) in [4.78, 5) is 49.6. The Morgan fingerprint density at radius 3 is 2.50 bits per heavy atom. The van der Waals surface area contributed by atoms with Gasteiger partial charge in [0.05, 0.1) is 6.54 Å². The van der Waals surface area contributed by atoms with Crippen molar-refractivity contribution in [3.05, 3.63) is 46.1 Å². The molecule has 1 unspecified atom stereocenters. The maximum absolute atomic E-state index is 12.5. The Labute approximate surface area is 130 Å². The molecular weight excluding hydrogens is 310 g/mol. The lowest BCUT2D eigenvalue weighted by Gasteiger charge is -2.28. The van der Waals surface area contributed by atoms with Crippen LogP contribution in [0.25, 0.3) is 0 Å². The van der Waals surface area contributed by atoms with Gasteiger partial charge >= 0.3 is 5.97 Å². The van der Waals surface area contributed by atoms with Crippen LogP contribution in [0.1, 0.15) is 17.3 Å². The van der Waals surface area contributed by atoms with E-state index in [1.807, 2.05) is 0 Å². The van der Waals surface area contributed by atoms with Gasteiger partial charge in [-0.25, -0.2) is 4.79 Å². The molecule has 0 spiro atoms. The topological polar surface area (TPSA) is 80.8 Å². The first-order chi connectivity index (χ1) is 10.4. The summed E-state index contributed by atoms with van der Waals surface area (Å²) in [7, 11) is 0. The van der Waals surface area contributed by atoms with E-state index < -0.39 is 35.1 Å². The van der Waals surface area contributed by atoms with E-state index in [1.165, 1.54) is 24.3 Å². The quantitative estimate of drug-likeness (QED) is 0.353. The largest absolute Gasteiger partial charge is 0.456 e. The van der Waals surface area contributed by atoms with Gasteiger partial charge in [-0.05, 0) is 31.2 Å². The van der Waals surface area contributed by atoms with Crippen molar-refractivity contribution in [3.8, 4) is 0 Å². The number of hydrogen-bond acceptors (Lipinski definition) is 5. The minimum absolute atomic E-state index is 0.0586. The summed E-state index contributed by atoms with van der Waals surface area (Å²) in [5, 5.41) is 0.426. The van der Waals surface area contributed by atoms with E-state index in [0.717, 1.165) is 4.90 Å². The van der Waals surface area contributed by atoms with Crippen LogP contribution in [0.2, 0.25) is 5.02 Å². The molecule has 22 heavy (non-hydrogen) atoms. The fraction of sp³-hybridized carbons (Fsp3) is 0.200. The fourth-order valence-corrected chi connectivity index (χ4v) is 2.58. The monoisotopic (exact) mass is 319 g/mol. The van der Waals surface area contributed by atoms with Crippen molar-refractivity contribution in [1.29, 1.82) is 0 Å². The van der Waals surface area contributed by atoms with Gasteiger partial charge in [0, 0.05) is 10.6 Å². The van der Waals surface area contributed by atoms with Gasteiger partial charge in [-0.3, -0.25) is 19.3 Å². The Kier molecular flexibility index (Phi) is 3.33. The van der Waals surface area contributed by atoms with Crippen molar-refractivity contribution in [2.45, 2.75) is 13.0 Å². The van der Waals surface area contributed by atoms with Crippen LogP contribution in [-0.4, -0.2) is 41.0 Å². The lowest BCUT2D eigenvalue weighted by atomic mass is 10.00. The van der Waals surface area contributed by atoms with Crippen LogP contribution in [-0.2, 0) is 19.1 Å². The number of hydrogen-bond donors (Lipinski definition) is 0. The third-order valence-electron chi connectivity index (χ3n) is 3.45. The molecule has 1 amide bonds. The number of morpholine rings is 1. The van der Waals surface area contributed by atoms with Crippen molar-refractivity contribution in [3.63, 3.8) is 0 Å². The van der Waals surface area contributed by atoms with Crippen LogP contribution in [0.15, 0.2) is 35.5 Å². The molecule has 0 saturated carbocycles. The molecule has 1 fully saturated rings. The lowest BCUT2D eigenvalue weighted by molar-refractivity contribution is -0.155. The van der Waals surface area contributed by atoms with E-state index in [4.69, 9.17) is 16.3 Å². The first-order valence-electron chi connectivity index (χ1n) is 6.52. The molecule has 2 heterocycles. The molecule has 0 N–H and O–H groups in total. The minimum atomic E-state index is -0.985. The van der Waals surface area contributed by atoms with Gasteiger partial charge in [-0.2, -0.15) is 0 Å². The van der Waals surface area contributed by atoms with Crippen LogP contribution >= 0.6 is 11.6 Å². The van der Waals surface area contributed by atoms with Crippen molar-refractivity contribution in [2.75, 3.05) is 6.54 Å². The molecule has 1 aromatic rings. The van der Waals surface area contributed by atoms with E-state index in [-0.39, 0.29) is 17.8 Å². The molecule has 1 aromatic carbocycles. The van der Waals surface area contributed by atoms with E-state index in [1.54, 1.807) is 6.92 Å². The molecule has 7 heteroatoms. The molecule has 0 aromatic heterocycles. The van der Waals surface area contributed by atoms with Gasteiger partial charge in [-0.1, -0.05) is 11.6 Å². The highest BCUT2D eigenvalue weighted by molar-refractivity contribution is 6.54. The van der Waals surface area contributed by atoms with Crippen molar-refractivity contribution in [2.24, 2.45) is 0 Å². The first-order valence-corrected chi connectivity index (χ1v) is 6.89. The minimum Gasteiger partial charge on any atom is -0.456 e. The normalized spacial score (nSPS) is 21.1. The number of Topliss-reactive ketones (excluding diaryl/α,β-unsaturated/α-hetero) is 2. The number of carbonyl (C=O) groups excluding carboxylic acids is 4. The Morgan fingerprint density at radius 1 is 1.23 bits per heavy atom. The fourth-order valence-electron chi connectivity index (χ4n) is 2.45. The number of carbonyl (C=O) groups is 4. The molecule has 1 saturated heterocycles. The Morgan fingerprint density at radius 2 is 1.86 bits per heavy atom. The summed E-state index contributed by atoms with van der Waals surface area (Å²) >= 11 is 5.75. The van der Waals surface area contributed by atoms with Crippen LogP contribution in [0.4, 0.5) is 0 Å².